The molecule has 0 saturated heterocycles. The first-order valence-electron chi connectivity index (χ1n) is 5.43. The van der Waals surface area contributed by atoms with Crippen LogP contribution in [-0.4, -0.2) is 13.3 Å². The summed E-state index contributed by atoms with van der Waals surface area (Å²) in [6.45, 7) is 0.600. The Morgan fingerprint density at radius 1 is 1.33 bits per heavy atom. The van der Waals surface area contributed by atoms with E-state index in [9.17, 15) is 0 Å². The van der Waals surface area contributed by atoms with Gasteiger partial charge in [0, 0.05) is 5.56 Å². The number of halogens is 1. The molecule has 0 aliphatic carbocycles. The van der Waals surface area contributed by atoms with E-state index in [1.54, 1.807) is 13.3 Å². The number of nitrogens with zero attached hydrogens (tertiary/aromatic N) is 1. The quantitative estimate of drug-likeness (QED) is 0.681. The van der Waals surface area contributed by atoms with E-state index in [1.165, 1.54) is 0 Å². The number of hydrogen-bond acceptors (Lipinski definition) is 4. The lowest BCUT2D eigenvalue weighted by Gasteiger charge is -2.06. The van der Waals surface area contributed by atoms with Crippen LogP contribution in [0.15, 0.2) is 50.6 Å². The van der Waals surface area contributed by atoms with Gasteiger partial charge in [-0.1, -0.05) is 18.2 Å². The van der Waals surface area contributed by atoms with Crippen LogP contribution in [0.25, 0.3) is 0 Å². The summed E-state index contributed by atoms with van der Waals surface area (Å²) in [5.41, 5.74) is 4.00. The number of para-hydroxylation sites is 1. The molecule has 18 heavy (non-hydrogen) atoms. The van der Waals surface area contributed by atoms with Crippen LogP contribution in [0.5, 0.6) is 5.75 Å². The highest BCUT2D eigenvalue weighted by Gasteiger charge is 1.99. The van der Waals surface area contributed by atoms with Crippen LogP contribution in [0.2, 0.25) is 0 Å². The number of benzene rings is 1. The molecule has 0 spiro atoms. The van der Waals surface area contributed by atoms with Gasteiger partial charge in [0.15, 0.2) is 4.67 Å². The third kappa shape index (κ3) is 3.37. The van der Waals surface area contributed by atoms with E-state index in [4.69, 9.17) is 9.15 Å². The number of ether oxygens (including phenoxy) is 1. The van der Waals surface area contributed by atoms with Gasteiger partial charge < -0.3 is 14.6 Å². The average molecular weight is 309 g/mol. The SMILES string of the molecule is COc1ccccc1CN/N=C/c1ccc(Br)o1. The number of nitrogens with one attached hydrogen (secondary N) is 1. The lowest BCUT2D eigenvalue weighted by Crippen LogP contribution is -2.06. The van der Waals surface area contributed by atoms with Crippen LogP contribution < -0.4 is 10.2 Å². The van der Waals surface area contributed by atoms with Gasteiger partial charge in [0.05, 0.1) is 19.9 Å². The van der Waals surface area contributed by atoms with Crippen LogP contribution in [-0.2, 0) is 6.54 Å². The van der Waals surface area contributed by atoms with Crippen molar-refractivity contribution in [2.45, 2.75) is 6.54 Å². The molecule has 2 rings (SSSR count). The minimum atomic E-state index is 0.600. The van der Waals surface area contributed by atoms with Crippen molar-refractivity contribution in [2.24, 2.45) is 5.10 Å². The van der Waals surface area contributed by atoms with Crippen LogP contribution in [0.3, 0.4) is 0 Å². The maximum Gasteiger partial charge on any atom is 0.169 e. The molecule has 0 saturated carbocycles. The van der Waals surface area contributed by atoms with E-state index in [-0.39, 0.29) is 0 Å². The maximum atomic E-state index is 5.28. The zero-order chi connectivity index (χ0) is 12.8. The van der Waals surface area contributed by atoms with Crippen molar-refractivity contribution in [1.82, 2.24) is 5.43 Å². The lowest BCUT2D eigenvalue weighted by molar-refractivity contribution is 0.408. The van der Waals surface area contributed by atoms with Crippen molar-refractivity contribution in [3.63, 3.8) is 0 Å². The summed E-state index contributed by atoms with van der Waals surface area (Å²) in [6.07, 6.45) is 1.63. The normalized spacial score (nSPS) is 10.8. The number of furan rings is 1. The van der Waals surface area contributed by atoms with Gasteiger partial charge in [0.1, 0.15) is 11.5 Å². The highest BCUT2D eigenvalue weighted by Crippen LogP contribution is 2.16. The second kappa shape index (κ2) is 6.26. The second-order valence-corrected chi connectivity index (χ2v) is 4.33. The molecule has 0 unspecified atom stereocenters. The summed E-state index contributed by atoms with van der Waals surface area (Å²) in [6, 6.07) is 11.5. The van der Waals surface area contributed by atoms with E-state index < -0.39 is 0 Å². The number of hydrazone groups is 1. The molecule has 1 aromatic heterocycles. The molecule has 0 aliphatic heterocycles. The molecule has 1 heterocycles. The highest BCUT2D eigenvalue weighted by atomic mass is 79.9. The highest BCUT2D eigenvalue weighted by molar-refractivity contribution is 9.10. The maximum absolute atomic E-state index is 5.28. The third-order valence-electron chi connectivity index (χ3n) is 2.34. The number of hydrogen-bond donors (Lipinski definition) is 1. The van der Waals surface area contributed by atoms with Crippen molar-refractivity contribution >= 4 is 22.1 Å². The molecule has 0 bridgehead atoms. The van der Waals surface area contributed by atoms with Crippen molar-refractivity contribution in [2.75, 3.05) is 7.11 Å². The van der Waals surface area contributed by atoms with Crippen molar-refractivity contribution in [1.29, 1.82) is 0 Å². The van der Waals surface area contributed by atoms with Gasteiger partial charge >= 0.3 is 0 Å². The number of rotatable bonds is 5. The Labute approximate surface area is 114 Å². The Morgan fingerprint density at radius 3 is 2.89 bits per heavy atom. The van der Waals surface area contributed by atoms with Crippen molar-refractivity contribution < 1.29 is 9.15 Å². The summed E-state index contributed by atoms with van der Waals surface area (Å²) in [5, 5.41) is 4.08. The van der Waals surface area contributed by atoms with Crippen LogP contribution in [0.1, 0.15) is 11.3 Å². The Hall–Kier alpha value is -1.75. The molecule has 4 nitrogen and oxygen atoms in total. The molecule has 2 aromatic rings. The van der Waals surface area contributed by atoms with Gasteiger partial charge in [0.25, 0.3) is 0 Å². The predicted molar refractivity (Wildman–Crippen MR) is 73.8 cm³/mol. The standard InChI is InChI=1S/C13H13BrN2O2/c1-17-12-5-3-2-4-10(12)8-15-16-9-11-6-7-13(14)18-11/h2-7,9,15H,8H2,1H3/b16-9+. The first-order chi connectivity index (χ1) is 8.79. The molecule has 5 heteroatoms. The Bertz CT molecular complexity index is 537. The molecule has 1 N–H and O–H groups in total. The monoisotopic (exact) mass is 308 g/mol. The molecule has 1 aromatic carbocycles. The first-order valence-corrected chi connectivity index (χ1v) is 6.22. The third-order valence-corrected chi connectivity index (χ3v) is 2.77. The summed E-state index contributed by atoms with van der Waals surface area (Å²) in [4.78, 5) is 0. The lowest BCUT2D eigenvalue weighted by atomic mass is 10.2. The minimum Gasteiger partial charge on any atom is -0.496 e. The summed E-state index contributed by atoms with van der Waals surface area (Å²) < 4.78 is 11.2. The van der Waals surface area contributed by atoms with Crippen LogP contribution >= 0.6 is 15.9 Å². The largest absolute Gasteiger partial charge is 0.496 e. The van der Waals surface area contributed by atoms with Gasteiger partial charge in [-0.25, -0.2) is 0 Å². The van der Waals surface area contributed by atoms with Crippen molar-refractivity contribution in [3.8, 4) is 5.75 Å². The summed E-state index contributed by atoms with van der Waals surface area (Å²) in [7, 11) is 1.66. The van der Waals surface area contributed by atoms with Crippen molar-refractivity contribution in [3.05, 3.63) is 52.4 Å². The van der Waals surface area contributed by atoms with Crippen LogP contribution in [0, 0.1) is 0 Å². The fourth-order valence-corrected chi connectivity index (χ4v) is 1.81. The van der Waals surface area contributed by atoms with E-state index in [0.29, 0.717) is 17.0 Å². The summed E-state index contributed by atoms with van der Waals surface area (Å²) >= 11 is 3.23. The fraction of sp³-hybridized carbons (Fsp3) is 0.154. The molecular formula is C13H13BrN2O2. The second-order valence-electron chi connectivity index (χ2n) is 3.55. The smallest absolute Gasteiger partial charge is 0.169 e. The Kier molecular flexibility index (Phi) is 4.41. The van der Waals surface area contributed by atoms with E-state index in [1.807, 2.05) is 36.4 Å². The minimum absolute atomic E-state index is 0.600. The zero-order valence-electron chi connectivity index (χ0n) is 9.89. The fourth-order valence-electron chi connectivity index (χ4n) is 1.49. The molecule has 0 atom stereocenters. The van der Waals surface area contributed by atoms with Crippen LogP contribution in [0.4, 0.5) is 0 Å². The molecular weight excluding hydrogens is 296 g/mol. The van der Waals surface area contributed by atoms with E-state index in [2.05, 4.69) is 26.5 Å². The molecule has 0 amide bonds. The Morgan fingerprint density at radius 2 is 2.17 bits per heavy atom. The topological polar surface area (TPSA) is 46.8 Å². The van der Waals surface area contributed by atoms with E-state index >= 15 is 0 Å². The van der Waals surface area contributed by atoms with E-state index in [0.717, 1.165) is 11.3 Å². The molecule has 0 aliphatic rings. The van der Waals surface area contributed by atoms with Gasteiger partial charge in [-0.15, -0.1) is 0 Å². The van der Waals surface area contributed by atoms with Gasteiger partial charge in [-0.05, 0) is 34.1 Å². The summed E-state index contributed by atoms with van der Waals surface area (Å²) in [5.74, 6) is 1.54. The van der Waals surface area contributed by atoms with Gasteiger partial charge in [0.2, 0.25) is 0 Å². The molecule has 0 radical (unpaired) electrons. The van der Waals surface area contributed by atoms with Gasteiger partial charge in [-0.2, -0.15) is 5.10 Å². The first kappa shape index (κ1) is 12.7. The zero-order valence-corrected chi connectivity index (χ0v) is 11.5. The van der Waals surface area contributed by atoms with Gasteiger partial charge in [-0.3, -0.25) is 0 Å². The number of methoxy groups -OCH3 is 1. The molecule has 0 fully saturated rings. The Balaban J connectivity index is 1.90. The molecule has 94 valence electrons. The predicted octanol–water partition coefficient (Wildman–Crippen LogP) is 3.17. The average Bonchev–Trinajstić information content (AvgIpc) is 2.81.